The molecule has 0 atom stereocenters. The standard InChI is InChI=1S/C17H12F3N5S/c18-17(19,20)11-25-15(14-4-6-22-7-5-14)23-24-16(25)26-10-13-3-1-2-12(8-13)9-21/h1-8H,10-11H2. The van der Waals surface area contributed by atoms with Crippen molar-refractivity contribution in [3.63, 3.8) is 0 Å². The second-order valence-corrected chi connectivity index (χ2v) is 6.29. The molecule has 2 heterocycles. The Hall–Kier alpha value is -2.86. The zero-order valence-corrected chi connectivity index (χ0v) is 14.1. The van der Waals surface area contributed by atoms with Gasteiger partial charge in [0.2, 0.25) is 0 Å². The van der Waals surface area contributed by atoms with Crippen molar-refractivity contribution in [2.75, 3.05) is 0 Å². The lowest BCUT2D eigenvalue weighted by atomic mass is 10.2. The lowest BCUT2D eigenvalue weighted by Gasteiger charge is -2.12. The first-order chi connectivity index (χ1) is 12.5. The normalized spacial score (nSPS) is 11.3. The number of nitrogens with zero attached hydrogens (tertiary/aromatic N) is 5. The van der Waals surface area contributed by atoms with E-state index in [1.54, 1.807) is 30.3 Å². The highest BCUT2D eigenvalue weighted by Gasteiger charge is 2.31. The Kier molecular flexibility index (Phi) is 5.23. The minimum Gasteiger partial charge on any atom is -0.293 e. The molecular formula is C17H12F3N5S. The van der Waals surface area contributed by atoms with Crippen molar-refractivity contribution < 1.29 is 13.2 Å². The highest BCUT2D eigenvalue weighted by atomic mass is 32.2. The molecule has 3 rings (SSSR count). The first-order valence-electron chi connectivity index (χ1n) is 7.48. The molecule has 5 nitrogen and oxygen atoms in total. The number of rotatable bonds is 5. The zero-order chi connectivity index (χ0) is 18.6. The van der Waals surface area contributed by atoms with Gasteiger partial charge in [0.25, 0.3) is 0 Å². The van der Waals surface area contributed by atoms with Gasteiger partial charge in [0, 0.05) is 23.7 Å². The maximum Gasteiger partial charge on any atom is 0.406 e. The maximum absolute atomic E-state index is 13.0. The first kappa shape index (κ1) is 17.9. The molecule has 0 aliphatic rings. The predicted molar refractivity (Wildman–Crippen MR) is 90.0 cm³/mol. The van der Waals surface area contributed by atoms with Crippen LogP contribution in [0.25, 0.3) is 11.4 Å². The average molecular weight is 375 g/mol. The van der Waals surface area contributed by atoms with Gasteiger partial charge in [-0.15, -0.1) is 10.2 Å². The quantitative estimate of drug-likeness (QED) is 0.629. The number of alkyl halides is 3. The number of hydrogen-bond donors (Lipinski definition) is 0. The number of halogens is 3. The van der Waals surface area contributed by atoms with E-state index in [-0.39, 0.29) is 11.0 Å². The second kappa shape index (κ2) is 7.58. The summed E-state index contributed by atoms with van der Waals surface area (Å²) >= 11 is 1.14. The number of nitriles is 1. The van der Waals surface area contributed by atoms with Crippen molar-refractivity contribution in [2.45, 2.75) is 23.6 Å². The minimum atomic E-state index is -4.40. The Morgan fingerprint density at radius 2 is 1.88 bits per heavy atom. The largest absolute Gasteiger partial charge is 0.406 e. The number of thioether (sulfide) groups is 1. The fraction of sp³-hybridized carbons (Fsp3) is 0.176. The van der Waals surface area contributed by atoms with Crippen molar-refractivity contribution in [1.29, 1.82) is 5.26 Å². The lowest BCUT2D eigenvalue weighted by Crippen LogP contribution is -2.19. The molecule has 9 heteroatoms. The van der Waals surface area contributed by atoms with Crippen LogP contribution in [0.1, 0.15) is 11.1 Å². The van der Waals surface area contributed by atoms with E-state index in [9.17, 15) is 13.2 Å². The van der Waals surface area contributed by atoms with E-state index in [0.717, 1.165) is 21.9 Å². The third-order valence-corrected chi connectivity index (χ3v) is 4.45. The summed E-state index contributed by atoms with van der Waals surface area (Å²) in [6.45, 7) is -1.18. The molecule has 3 aromatic rings. The van der Waals surface area contributed by atoms with E-state index in [0.29, 0.717) is 16.9 Å². The predicted octanol–water partition coefficient (Wildman–Crippen LogP) is 4.07. The topological polar surface area (TPSA) is 67.4 Å². The third kappa shape index (κ3) is 4.40. The van der Waals surface area contributed by atoms with Crippen LogP contribution in [0.3, 0.4) is 0 Å². The Balaban J connectivity index is 1.89. The molecule has 1 aromatic carbocycles. The molecule has 132 valence electrons. The van der Waals surface area contributed by atoms with Crippen LogP contribution in [0, 0.1) is 11.3 Å². The molecule has 0 aliphatic carbocycles. The van der Waals surface area contributed by atoms with E-state index in [1.165, 1.54) is 12.4 Å². The average Bonchev–Trinajstić information content (AvgIpc) is 3.01. The van der Waals surface area contributed by atoms with Crippen LogP contribution in [0.2, 0.25) is 0 Å². The van der Waals surface area contributed by atoms with E-state index >= 15 is 0 Å². The van der Waals surface area contributed by atoms with Crippen LogP contribution in [0.4, 0.5) is 13.2 Å². The van der Waals surface area contributed by atoms with Gasteiger partial charge in [-0.1, -0.05) is 23.9 Å². The van der Waals surface area contributed by atoms with Crippen LogP contribution in [-0.2, 0) is 12.3 Å². The van der Waals surface area contributed by atoms with E-state index in [2.05, 4.69) is 15.2 Å². The van der Waals surface area contributed by atoms with Crippen LogP contribution < -0.4 is 0 Å². The van der Waals surface area contributed by atoms with Crippen molar-refractivity contribution in [2.24, 2.45) is 0 Å². The molecule has 0 saturated carbocycles. The van der Waals surface area contributed by atoms with Crippen molar-refractivity contribution in [3.05, 3.63) is 59.9 Å². The Labute approximate surface area is 151 Å². The minimum absolute atomic E-state index is 0.137. The summed E-state index contributed by atoms with van der Waals surface area (Å²) < 4.78 is 40.1. The van der Waals surface area contributed by atoms with Gasteiger partial charge in [0.05, 0.1) is 11.6 Å². The fourth-order valence-corrected chi connectivity index (χ4v) is 3.19. The smallest absolute Gasteiger partial charge is 0.293 e. The van der Waals surface area contributed by atoms with E-state index in [1.807, 2.05) is 12.1 Å². The summed E-state index contributed by atoms with van der Waals surface area (Å²) in [5.41, 5.74) is 1.83. The fourth-order valence-electron chi connectivity index (χ4n) is 2.31. The molecule has 0 bridgehead atoms. The Morgan fingerprint density at radius 1 is 1.12 bits per heavy atom. The summed E-state index contributed by atoms with van der Waals surface area (Å²) in [7, 11) is 0. The van der Waals surface area contributed by atoms with E-state index < -0.39 is 12.7 Å². The number of pyridine rings is 1. The number of hydrogen-bond acceptors (Lipinski definition) is 5. The summed E-state index contributed by atoms with van der Waals surface area (Å²) in [6.07, 6.45) is -1.43. The summed E-state index contributed by atoms with van der Waals surface area (Å²) in [5.74, 6) is 0.514. The summed E-state index contributed by atoms with van der Waals surface area (Å²) in [6, 6.07) is 12.1. The van der Waals surface area contributed by atoms with Crippen LogP contribution >= 0.6 is 11.8 Å². The first-order valence-corrected chi connectivity index (χ1v) is 8.47. The third-order valence-electron chi connectivity index (χ3n) is 3.42. The molecular weight excluding hydrogens is 363 g/mol. The molecule has 0 saturated heterocycles. The monoisotopic (exact) mass is 375 g/mol. The highest BCUT2D eigenvalue weighted by molar-refractivity contribution is 7.98. The van der Waals surface area contributed by atoms with Gasteiger partial charge in [0.15, 0.2) is 11.0 Å². The molecule has 0 radical (unpaired) electrons. The molecule has 26 heavy (non-hydrogen) atoms. The SMILES string of the molecule is N#Cc1cccc(CSc2nnc(-c3ccncc3)n2CC(F)(F)F)c1. The Morgan fingerprint density at radius 3 is 2.58 bits per heavy atom. The van der Waals surface area contributed by atoms with Crippen molar-refractivity contribution in [1.82, 2.24) is 19.7 Å². The maximum atomic E-state index is 13.0. The highest BCUT2D eigenvalue weighted by Crippen LogP contribution is 2.29. The second-order valence-electron chi connectivity index (χ2n) is 5.34. The van der Waals surface area contributed by atoms with Gasteiger partial charge in [-0.3, -0.25) is 9.55 Å². The van der Waals surface area contributed by atoms with Gasteiger partial charge in [-0.2, -0.15) is 18.4 Å². The Bertz CT molecular complexity index is 932. The molecule has 0 spiro atoms. The van der Waals surface area contributed by atoms with Gasteiger partial charge < -0.3 is 0 Å². The molecule has 2 aromatic heterocycles. The van der Waals surface area contributed by atoms with Gasteiger partial charge >= 0.3 is 6.18 Å². The molecule has 0 fully saturated rings. The van der Waals surface area contributed by atoms with Crippen molar-refractivity contribution >= 4 is 11.8 Å². The number of aromatic nitrogens is 4. The summed E-state index contributed by atoms with van der Waals surface area (Å²) in [5, 5.41) is 17.0. The molecule has 0 unspecified atom stereocenters. The number of benzene rings is 1. The molecule has 0 N–H and O–H groups in total. The van der Waals surface area contributed by atoms with Crippen LogP contribution in [0.5, 0.6) is 0 Å². The van der Waals surface area contributed by atoms with E-state index in [4.69, 9.17) is 5.26 Å². The summed E-state index contributed by atoms with van der Waals surface area (Å²) in [4.78, 5) is 3.86. The van der Waals surface area contributed by atoms with Gasteiger partial charge in [0.1, 0.15) is 6.54 Å². The van der Waals surface area contributed by atoms with Gasteiger partial charge in [-0.05, 0) is 29.8 Å². The molecule has 0 amide bonds. The zero-order valence-electron chi connectivity index (χ0n) is 13.3. The lowest BCUT2D eigenvalue weighted by molar-refractivity contribution is -0.141. The van der Waals surface area contributed by atoms with Gasteiger partial charge in [-0.25, -0.2) is 0 Å². The van der Waals surface area contributed by atoms with Crippen LogP contribution in [0.15, 0.2) is 53.9 Å². The molecule has 0 aliphatic heterocycles. The van der Waals surface area contributed by atoms with Crippen LogP contribution in [-0.4, -0.2) is 25.9 Å². The van der Waals surface area contributed by atoms with Crippen molar-refractivity contribution in [3.8, 4) is 17.5 Å².